The normalized spacial score (nSPS) is 10.4. The molecule has 0 aliphatic rings. The van der Waals surface area contributed by atoms with E-state index in [2.05, 4.69) is 82.6 Å². The Hall–Kier alpha value is -2.28. The number of hydrogen-bond donors (Lipinski definition) is 1. The molecule has 0 amide bonds. The number of nitrogens with one attached hydrogen (secondary N) is 1. The first-order valence-corrected chi connectivity index (χ1v) is 8.14. The van der Waals surface area contributed by atoms with E-state index < -0.39 is 0 Å². The highest BCUT2D eigenvalue weighted by atomic mass is 14.9. The smallest absolute Gasteiger partial charge is 0.0416 e. The van der Waals surface area contributed by atoms with Crippen LogP contribution in [0, 0.1) is 20.8 Å². The monoisotopic (exact) mass is 305 g/mol. The van der Waals surface area contributed by atoms with Gasteiger partial charge in [0.05, 0.1) is 0 Å². The quantitative estimate of drug-likeness (QED) is 0.626. The van der Waals surface area contributed by atoms with Crippen molar-refractivity contribution in [2.24, 2.45) is 0 Å². The highest BCUT2D eigenvalue weighted by Gasteiger charge is 2.06. The standard InChI is InChI=1S/C22H27N/c1-15(2)7-11-20-14-21(12-10-17(20)4)19(6)23-22-13-16(3)8-9-18(22)5/h8-10,12-14,23H,1,6-7,11H2,2-5H3. The lowest BCUT2D eigenvalue weighted by Gasteiger charge is -2.15. The van der Waals surface area contributed by atoms with Crippen LogP contribution in [0.4, 0.5) is 5.69 Å². The zero-order chi connectivity index (χ0) is 17.0. The summed E-state index contributed by atoms with van der Waals surface area (Å²) in [5, 5.41) is 3.47. The summed E-state index contributed by atoms with van der Waals surface area (Å²) >= 11 is 0. The van der Waals surface area contributed by atoms with Crippen LogP contribution in [0.5, 0.6) is 0 Å². The summed E-state index contributed by atoms with van der Waals surface area (Å²) < 4.78 is 0. The van der Waals surface area contributed by atoms with Crippen molar-refractivity contribution in [1.82, 2.24) is 0 Å². The van der Waals surface area contributed by atoms with Gasteiger partial charge in [-0.2, -0.15) is 0 Å². The van der Waals surface area contributed by atoms with Crippen molar-refractivity contribution < 1.29 is 0 Å². The van der Waals surface area contributed by atoms with Crippen LogP contribution in [-0.4, -0.2) is 0 Å². The van der Waals surface area contributed by atoms with E-state index in [-0.39, 0.29) is 0 Å². The fourth-order valence-electron chi connectivity index (χ4n) is 2.58. The van der Waals surface area contributed by atoms with Crippen LogP contribution in [0.1, 0.15) is 41.2 Å². The third-order valence-electron chi connectivity index (χ3n) is 4.20. The first kappa shape index (κ1) is 17.1. The minimum atomic E-state index is 0.940. The fourth-order valence-corrected chi connectivity index (χ4v) is 2.58. The lowest BCUT2D eigenvalue weighted by Crippen LogP contribution is -2.01. The molecule has 0 heterocycles. The SMILES string of the molecule is C=C(C)CCc1cc(C(=C)Nc2cc(C)ccc2C)ccc1C. The number of hydrogen-bond acceptors (Lipinski definition) is 1. The van der Waals surface area contributed by atoms with Gasteiger partial charge in [-0.05, 0) is 80.5 Å². The molecule has 2 aromatic rings. The Labute approximate surface area is 140 Å². The molecule has 0 radical (unpaired) electrons. The predicted molar refractivity (Wildman–Crippen MR) is 103 cm³/mol. The van der Waals surface area contributed by atoms with Gasteiger partial charge >= 0.3 is 0 Å². The number of aryl methyl sites for hydroxylation is 4. The molecule has 1 N–H and O–H groups in total. The maximum absolute atomic E-state index is 4.23. The summed E-state index contributed by atoms with van der Waals surface area (Å²) in [4.78, 5) is 0. The van der Waals surface area contributed by atoms with Gasteiger partial charge in [-0.25, -0.2) is 0 Å². The molecule has 0 aliphatic carbocycles. The molecule has 0 atom stereocenters. The second-order valence-corrected chi connectivity index (χ2v) is 6.52. The van der Waals surface area contributed by atoms with Gasteiger partial charge in [-0.1, -0.05) is 36.4 Å². The molecular formula is C22H27N. The second-order valence-electron chi connectivity index (χ2n) is 6.52. The molecule has 1 heteroatoms. The number of benzene rings is 2. The van der Waals surface area contributed by atoms with Crippen LogP contribution >= 0.6 is 0 Å². The molecule has 0 aromatic heterocycles. The molecule has 0 bridgehead atoms. The van der Waals surface area contributed by atoms with Gasteiger partial charge in [0.15, 0.2) is 0 Å². The van der Waals surface area contributed by atoms with Crippen LogP contribution < -0.4 is 5.32 Å². The van der Waals surface area contributed by atoms with Gasteiger partial charge in [0.25, 0.3) is 0 Å². The third-order valence-corrected chi connectivity index (χ3v) is 4.20. The van der Waals surface area contributed by atoms with Crippen LogP contribution in [0.15, 0.2) is 55.1 Å². The highest BCUT2D eigenvalue weighted by molar-refractivity contribution is 5.77. The first-order valence-electron chi connectivity index (χ1n) is 8.14. The molecular weight excluding hydrogens is 278 g/mol. The van der Waals surface area contributed by atoms with Crippen molar-refractivity contribution in [2.75, 3.05) is 5.32 Å². The van der Waals surface area contributed by atoms with E-state index in [0.29, 0.717) is 0 Å². The molecule has 0 fully saturated rings. The summed E-state index contributed by atoms with van der Waals surface area (Å²) in [6, 6.07) is 13.0. The van der Waals surface area contributed by atoms with Crippen molar-refractivity contribution in [3.63, 3.8) is 0 Å². The van der Waals surface area contributed by atoms with Crippen molar-refractivity contribution in [2.45, 2.75) is 40.5 Å². The van der Waals surface area contributed by atoms with Gasteiger partial charge in [0, 0.05) is 11.4 Å². The van der Waals surface area contributed by atoms with Crippen LogP contribution in [0.25, 0.3) is 5.70 Å². The van der Waals surface area contributed by atoms with E-state index in [9.17, 15) is 0 Å². The first-order chi connectivity index (χ1) is 10.9. The van der Waals surface area contributed by atoms with Gasteiger partial charge in [-0.3, -0.25) is 0 Å². The minimum Gasteiger partial charge on any atom is -0.355 e. The van der Waals surface area contributed by atoms with E-state index in [1.807, 2.05) is 0 Å². The van der Waals surface area contributed by atoms with Crippen LogP contribution in [0.3, 0.4) is 0 Å². The highest BCUT2D eigenvalue weighted by Crippen LogP contribution is 2.24. The van der Waals surface area contributed by atoms with Crippen LogP contribution in [-0.2, 0) is 6.42 Å². The molecule has 2 aromatic carbocycles. The molecule has 0 spiro atoms. The van der Waals surface area contributed by atoms with Gasteiger partial charge in [-0.15, -0.1) is 6.58 Å². The number of rotatable bonds is 6. The Bertz CT molecular complexity index is 738. The summed E-state index contributed by atoms with van der Waals surface area (Å²) in [5.41, 5.74) is 9.61. The summed E-state index contributed by atoms with van der Waals surface area (Å²) in [6.45, 7) is 16.7. The number of allylic oxidation sites excluding steroid dienone is 1. The van der Waals surface area contributed by atoms with E-state index in [1.165, 1.54) is 27.8 Å². The average molecular weight is 305 g/mol. The van der Waals surface area contributed by atoms with E-state index in [4.69, 9.17) is 0 Å². The molecule has 120 valence electrons. The van der Waals surface area contributed by atoms with Crippen molar-refractivity contribution >= 4 is 11.4 Å². The Morgan fingerprint density at radius 3 is 2.35 bits per heavy atom. The average Bonchev–Trinajstić information content (AvgIpc) is 2.50. The second kappa shape index (κ2) is 7.32. The summed E-state index contributed by atoms with van der Waals surface area (Å²) in [7, 11) is 0. The Balaban J connectivity index is 2.20. The lowest BCUT2D eigenvalue weighted by molar-refractivity contribution is 0.935. The van der Waals surface area contributed by atoms with E-state index >= 15 is 0 Å². The third kappa shape index (κ3) is 4.59. The van der Waals surface area contributed by atoms with Crippen molar-refractivity contribution in [3.8, 4) is 0 Å². The maximum atomic E-state index is 4.23. The predicted octanol–water partition coefficient (Wildman–Crippen LogP) is 6.20. The Kier molecular flexibility index (Phi) is 5.44. The fraction of sp³-hybridized carbons (Fsp3) is 0.273. The van der Waals surface area contributed by atoms with Gasteiger partial charge in [0.1, 0.15) is 0 Å². The lowest BCUT2D eigenvalue weighted by atomic mass is 9.98. The van der Waals surface area contributed by atoms with E-state index in [0.717, 1.165) is 29.8 Å². The van der Waals surface area contributed by atoms with E-state index in [1.54, 1.807) is 0 Å². The molecule has 23 heavy (non-hydrogen) atoms. The Morgan fingerprint density at radius 2 is 1.65 bits per heavy atom. The van der Waals surface area contributed by atoms with Crippen molar-refractivity contribution in [1.29, 1.82) is 0 Å². The molecule has 2 rings (SSSR count). The molecule has 0 aliphatic heterocycles. The largest absolute Gasteiger partial charge is 0.355 e. The maximum Gasteiger partial charge on any atom is 0.0416 e. The Morgan fingerprint density at radius 1 is 0.957 bits per heavy atom. The zero-order valence-corrected chi connectivity index (χ0v) is 14.8. The number of anilines is 1. The zero-order valence-electron chi connectivity index (χ0n) is 14.8. The topological polar surface area (TPSA) is 12.0 Å². The van der Waals surface area contributed by atoms with Crippen LogP contribution in [0.2, 0.25) is 0 Å². The molecule has 0 saturated carbocycles. The molecule has 0 saturated heterocycles. The molecule has 1 nitrogen and oxygen atoms in total. The molecule has 0 unspecified atom stereocenters. The van der Waals surface area contributed by atoms with Gasteiger partial charge < -0.3 is 5.32 Å². The minimum absolute atomic E-state index is 0.940. The van der Waals surface area contributed by atoms with Crippen molar-refractivity contribution in [3.05, 3.63) is 82.9 Å². The summed E-state index contributed by atoms with van der Waals surface area (Å²) in [6.07, 6.45) is 2.06. The van der Waals surface area contributed by atoms with Gasteiger partial charge in [0.2, 0.25) is 0 Å². The summed E-state index contributed by atoms with van der Waals surface area (Å²) in [5.74, 6) is 0.